The molecule has 12 nitrogen and oxygen atoms in total. The molecular weight excluding hydrogens is 576 g/mol. The Labute approximate surface area is 252 Å². The number of ether oxygens (including phenoxy) is 1. The summed E-state index contributed by atoms with van der Waals surface area (Å²) in [5.41, 5.74) is 5.91. The number of nitrogens with two attached hydrogens (primary N) is 1. The molecule has 13 heteroatoms. The topological polar surface area (TPSA) is 160 Å². The van der Waals surface area contributed by atoms with Gasteiger partial charge in [-0.25, -0.2) is 9.78 Å². The first-order valence-corrected chi connectivity index (χ1v) is 14.0. The van der Waals surface area contributed by atoms with Gasteiger partial charge < -0.3 is 25.1 Å². The summed E-state index contributed by atoms with van der Waals surface area (Å²) < 4.78 is 12.0. The molecule has 1 fully saturated rings. The highest BCUT2D eigenvalue weighted by atomic mass is 35.5. The minimum atomic E-state index is -0.831. The van der Waals surface area contributed by atoms with Gasteiger partial charge in [-0.15, -0.1) is 0 Å². The van der Waals surface area contributed by atoms with Gasteiger partial charge in [-0.1, -0.05) is 29.8 Å². The van der Waals surface area contributed by atoms with Crippen LogP contribution in [0.2, 0.25) is 5.02 Å². The summed E-state index contributed by atoms with van der Waals surface area (Å²) in [6.45, 7) is 5.96. The molecule has 5 rings (SSSR count). The first-order valence-electron chi connectivity index (χ1n) is 13.6. The lowest BCUT2D eigenvalue weighted by Crippen LogP contribution is -2.55. The van der Waals surface area contributed by atoms with Crippen LogP contribution in [0.25, 0.3) is 0 Å². The van der Waals surface area contributed by atoms with Crippen molar-refractivity contribution in [1.82, 2.24) is 20.1 Å². The molecule has 0 bridgehead atoms. The number of amidine groups is 1. The summed E-state index contributed by atoms with van der Waals surface area (Å²) in [6.07, 6.45) is 2.43. The average Bonchev–Trinajstić information content (AvgIpc) is 3.60. The van der Waals surface area contributed by atoms with Gasteiger partial charge in [-0.3, -0.25) is 24.3 Å². The van der Waals surface area contributed by atoms with Crippen LogP contribution in [0.4, 0.5) is 4.79 Å². The number of nitrogens with one attached hydrogen (secondary N) is 1. The van der Waals surface area contributed by atoms with Gasteiger partial charge in [0.25, 0.3) is 0 Å². The minimum Gasteiger partial charge on any atom is -0.487 e. The van der Waals surface area contributed by atoms with Gasteiger partial charge in [0.05, 0.1) is 18.2 Å². The summed E-state index contributed by atoms with van der Waals surface area (Å²) in [5.74, 6) is -0.788. The highest BCUT2D eigenvalue weighted by Crippen LogP contribution is 2.45. The fourth-order valence-corrected chi connectivity index (χ4v) is 5.12. The second kappa shape index (κ2) is 11.9. The largest absolute Gasteiger partial charge is 0.487 e. The number of nitrogens with zero attached hydrogens (tertiary/aromatic N) is 4. The molecule has 2 aliphatic rings. The smallest absolute Gasteiger partial charge is 0.327 e. The number of urea groups is 1. The number of benzene rings is 2. The molecule has 3 aromatic rings. The number of rotatable bonds is 7. The van der Waals surface area contributed by atoms with Crippen molar-refractivity contribution in [1.29, 1.82) is 0 Å². The minimum absolute atomic E-state index is 0.140. The third kappa shape index (κ3) is 6.54. The number of hydrogen-bond acceptors (Lipinski definition) is 8. The summed E-state index contributed by atoms with van der Waals surface area (Å²) in [5, 5.41) is 3.26. The fourth-order valence-electron chi connectivity index (χ4n) is 5.00. The number of amides is 4. The number of piperazine rings is 1. The predicted octanol–water partition coefficient (Wildman–Crippen LogP) is 3.66. The third-order valence-corrected chi connectivity index (χ3v) is 7.05. The van der Waals surface area contributed by atoms with E-state index in [0.29, 0.717) is 17.1 Å². The van der Waals surface area contributed by atoms with Crippen LogP contribution in [0.15, 0.2) is 64.3 Å². The zero-order valence-corrected chi connectivity index (χ0v) is 24.6. The number of oxazole rings is 1. The van der Waals surface area contributed by atoms with Crippen molar-refractivity contribution in [3.63, 3.8) is 0 Å². The monoisotopic (exact) mass is 606 g/mol. The lowest BCUT2D eigenvalue weighted by atomic mass is 9.99. The van der Waals surface area contributed by atoms with Crippen molar-refractivity contribution < 1.29 is 28.3 Å². The number of carbonyl (C=O) groups is 4. The molecule has 0 radical (unpaired) electrons. The standard InChI is InChI=1S/C30H31ClN6O6/c1-30(2,3)43-22-14-18(21(38)15-23(32)39)6-9-20(22)27-35-25(17-4-7-19(31)8-5-17)26(28-34-11-13-42-28)37(27)29(41)36-12-10-33-24(40)16-36/h4-9,11,13-14,25-26H,10,12,15-16H2,1-3H3,(H2,32,39)(H,33,40). The Morgan fingerprint density at radius 3 is 2.53 bits per heavy atom. The van der Waals surface area contributed by atoms with Crippen molar-refractivity contribution in [2.24, 2.45) is 10.7 Å². The van der Waals surface area contributed by atoms with E-state index >= 15 is 0 Å². The Morgan fingerprint density at radius 1 is 1.16 bits per heavy atom. The number of Topliss-reactive ketones (excluding diaryl/α,β-unsaturated/α-hetero) is 1. The van der Waals surface area contributed by atoms with E-state index in [1.165, 1.54) is 34.4 Å². The van der Waals surface area contributed by atoms with Gasteiger partial charge in [0.2, 0.25) is 17.7 Å². The second-order valence-electron chi connectivity index (χ2n) is 11.2. The molecule has 2 aromatic carbocycles. The number of aromatic nitrogens is 1. The van der Waals surface area contributed by atoms with Crippen molar-refractivity contribution in [2.75, 3.05) is 19.6 Å². The van der Waals surface area contributed by atoms with Crippen LogP contribution in [0, 0.1) is 0 Å². The van der Waals surface area contributed by atoms with E-state index in [0.717, 1.165) is 5.56 Å². The van der Waals surface area contributed by atoms with Crippen molar-refractivity contribution in [3.8, 4) is 5.75 Å². The zero-order chi connectivity index (χ0) is 30.9. The van der Waals surface area contributed by atoms with Gasteiger partial charge in [0.1, 0.15) is 42.1 Å². The predicted molar refractivity (Wildman–Crippen MR) is 157 cm³/mol. The number of carbonyl (C=O) groups excluding carboxylic acids is 4. The number of aliphatic imine (C=N–C) groups is 1. The summed E-state index contributed by atoms with van der Waals surface area (Å²) in [6, 6.07) is 9.76. The quantitative estimate of drug-likeness (QED) is 0.306. The summed E-state index contributed by atoms with van der Waals surface area (Å²) in [7, 11) is 0. The van der Waals surface area contributed by atoms with Gasteiger partial charge in [0, 0.05) is 23.7 Å². The lowest BCUT2D eigenvalue weighted by molar-refractivity contribution is -0.123. The Hall–Kier alpha value is -4.71. The Balaban J connectivity index is 1.69. The molecule has 2 atom stereocenters. The first kappa shape index (κ1) is 29.8. The molecule has 2 unspecified atom stereocenters. The first-order chi connectivity index (χ1) is 20.4. The highest BCUT2D eigenvalue weighted by Gasteiger charge is 2.47. The molecule has 224 valence electrons. The molecule has 3 heterocycles. The van der Waals surface area contributed by atoms with Crippen molar-refractivity contribution in [3.05, 3.63) is 82.5 Å². The van der Waals surface area contributed by atoms with Crippen LogP contribution in [0.3, 0.4) is 0 Å². The van der Waals surface area contributed by atoms with E-state index in [-0.39, 0.29) is 42.0 Å². The number of hydrogen-bond donors (Lipinski definition) is 2. The Morgan fingerprint density at radius 2 is 1.91 bits per heavy atom. The zero-order valence-electron chi connectivity index (χ0n) is 23.9. The number of ketones is 1. The van der Waals surface area contributed by atoms with Gasteiger partial charge in [0.15, 0.2) is 5.78 Å². The molecule has 3 N–H and O–H groups in total. The number of primary amides is 1. The van der Waals surface area contributed by atoms with Gasteiger partial charge in [-0.05, 0) is 50.6 Å². The molecule has 2 aliphatic heterocycles. The maximum atomic E-state index is 14.3. The van der Waals surface area contributed by atoms with Gasteiger partial charge in [-0.2, -0.15) is 0 Å². The third-order valence-electron chi connectivity index (χ3n) is 6.79. The maximum Gasteiger partial charge on any atom is 0.327 e. The lowest BCUT2D eigenvalue weighted by Gasteiger charge is -2.34. The number of halogens is 1. The van der Waals surface area contributed by atoms with Gasteiger partial charge >= 0.3 is 6.03 Å². The Bertz CT molecular complexity index is 1580. The van der Waals surface area contributed by atoms with E-state index in [1.54, 1.807) is 18.2 Å². The van der Waals surface area contributed by atoms with E-state index in [4.69, 9.17) is 31.5 Å². The average molecular weight is 607 g/mol. The Kier molecular flexibility index (Phi) is 8.23. The van der Waals surface area contributed by atoms with Crippen LogP contribution >= 0.6 is 11.6 Å². The molecular formula is C30H31ClN6O6. The molecule has 43 heavy (non-hydrogen) atoms. The van der Waals surface area contributed by atoms with Crippen LogP contribution in [-0.2, 0) is 9.59 Å². The molecule has 0 saturated carbocycles. The SMILES string of the molecule is CC(C)(C)Oc1cc(C(=O)CC(N)=O)ccc1C1=NC(c2ccc(Cl)cc2)C(c2ncco2)N1C(=O)N1CCNC(=O)C1. The molecule has 4 amide bonds. The summed E-state index contributed by atoms with van der Waals surface area (Å²) >= 11 is 6.18. The van der Waals surface area contributed by atoms with E-state index in [9.17, 15) is 19.2 Å². The molecule has 0 aliphatic carbocycles. The van der Waals surface area contributed by atoms with E-state index in [2.05, 4.69) is 10.3 Å². The van der Waals surface area contributed by atoms with Crippen LogP contribution in [-0.4, -0.2) is 69.5 Å². The molecule has 1 saturated heterocycles. The summed E-state index contributed by atoms with van der Waals surface area (Å²) in [4.78, 5) is 63.1. The highest BCUT2D eigenvalue weighted by molar-refractivity contribution is 6.30. The van der Waals surface area contributed by atoms with Crippen molar-refractivity contribution >= 4 is 41.1 Å². The van der Waals surface area contributed by atoms with E-state index in [1.807, 2.05) is 32.9 Å². The van der Waals surface area contributed by atoms with Crippen LogP contribution in [0.1, 0.15) is 66.7 Å². The normalized spacial score (nSPS) is 18.7. The second-order valence-corrected chi connectivity index (χ2v) is 11.6. The molecule has 1 aromatic heterocycles. The van der Waals surface area contributed by atoms with Crippen LogP contribution in [0.5, 0.6) is 5.75 Å². The molecule has 0 spiro atoms. The van der Waals surface area contributed by atoms with Crippen LogP contribution < -0.4 is 15.8 Å². The van der Waals surface area contributed by atoms with Crippen molar-refractivity contribution in [2.45, 2.75) is 44.9 Å². The maximum absolute atomic E-state index is 14.3. The fraction of sp³-hybridized carbons (Fsp3) is 0.333. The van der Waals surface area contributed by atoms with E-state index < -0.39 is 41.8 Å².